The van der Waals surface area contributed by atoms with Crippen LogP contribution in [-0.4, -0.2) is 51.6 Å². The maximum atomic E-state index is 12.5. The number of methoxy groups -OCH3 is 2. The molecule has 0 aliphatic carbocycles. The molecule has 0 atom stereocenters. The van der Waals surface area contributed by atoms with Crippen LogP contribution < -0.4 is 20.1 Å². The lowest BCUT2D eigenvalue weighted by atomic mass is 10.1. The van der Waals surface area contributed by atoms with Gasteiger partial charge < -0.3 is 20.1 Å². The molecule has 0 bridgehead atoms. The summed E-state index contributed by atoms with van der Waals surface area (Å²) in [5.74, 6) is 0.921. The highest BCUT2D eigenvalue weighted by Crippen LogP contribution is 2.31. The molecular formula is C23H22N6O4S. The van der Waals surface area contributed by atoms with Crippen molar-refractivity contribution in [2.75, 3.05) is 30.6 Å². The molecule has 0 aliphatic rings. The molecule has 0 unspecified atom stereocenters. The number of amides is 2. The maximum Gasteiger partial charge on any atom is 0.234 e. The fourth-order valence-corrected chi connectivity index (χ4v) is 3.90. The van der Waals surface area contributed by atoms with Crippen molar-refractivity contribution in [2.45, 2.75) is 12.1 Å². The molecule has 0 radical (unpaired) electrons. The van der Waals surface area contributed by atoms with Gasteiger partial charge in [-0.15, -0.1) is 10.2 Å². The van der Waals surface area contributed by atoms with E-state index in [0.717, 1.165) is 5.56 Å². The lowest BCUT2D eigenvalue weighted by Crippen LogP contribution is -2.15. The minimum Gasteiger partial charge on any atom is -0.493 e. The molecule has 4 rings (SSSR count). The summed E-state index contributed by atoms with van der Waals surface area (Å²) < 4.78 is 12.3. The average molecular weight is 479 g/mol. The van der Waals surface area contributed by atoms with E-state index in [9.17, 15) is 9.59 Å². The van der Waals surface area contributed by atoms with Gasteiger partial charge in [-0.2, -0.15) is 9.61 Å². The Labute approximate surface area is 199 Å². The standard InChI is InChI=1S/C23H22N6O4S/c1-14(30)24-16-5-4-6-17(12-16)25-22(31)13-34-23-27-26-21-10-8-18(28-29(21)23)15-7-9-19(32-2)20(11-15)33-3/h4-12H,13H2,1-3H3,(H,24,30)(H,25,31). The van der Waals surface area contributed by atoms with Gasteiger partial charge in [0.15, 0.2) is 17.1 Å². The molecule has 0 fully saturated rings. The first-order valence-electron chi connectivity index (χ1n) is 10.2. The number of ether oxygens (including phenoxy) is 2. The zero-order valence-corrected chi connectivity index (χ0v) is 19.5. The van der Waals surface area contributed by atoms with Crippen molar-refractivity contribution < 1.29 is 19.1 Å². The van der Waals surface area contributed by atoms with Crippen molar-refractivity contribution >= 4 is 40.6 Å². The Morgan fingerprint density at radius 3 is 2.44 bits per heavy atom. The van der Waals surface area contributed by atoms with Crippen molar-refractivity contribution in [2.24, 2.45) is 0 Å². The Morgan fingerprint density at radius 1 is 0.941 bits per heavy atom. The number of aromatic nitrogens is 4. The molecule has 4 aromatic rings. The molecule has 11 heteroatoms. The summed E-state index contributed by atoms with van der Waals surface area (Å²) in [4.78, 5) is 23.7. The van der Waals surface area contributed by atoms with Crippen LogP contribution in [-0.2, 0) is 9.59 Å². The van der Waals surface area contributed by atoms with Crippen LogP contribution in [0.2, 0.25) is 0 Å². The number of nitrogens with zero attached hydrogens (tertiary/aromatic N) is 4. The summed E-state index contributed by atoms with van der Waals surface area (Å²) in [5.41, 5.74) is 3.27. The third-order valence-corrected chi connectivity index (χ3v) is 5.63. The quantitative estimate of drug-likeness (QED) is 0.369. The number of anilines is 2. The molecular weight excluding hydrogens is 456 g/mol. The lowest BCUT2D eigenvalue weighted by Gasteiger charge is -2.09. The van der Waals surface area contributed by atoms with E-state index in [1.54, 1.807) is 43.0 Å². The summed E-state index contributed by atoms with van der Waals surface area (Å²) in [7, 11) is 3.16. The van der Waals surface area contributed by atoms with Crippen LogP contribution in [0.15, 0.2) is 59.8 Å². The predicted octanol–water partition coefficient (Wildman–Crippen LogP) is 3.50. The van der Waals surface area contributed by atoms with Crippen LogP contribution in [0.3, 0.4) is 0 Å². The second-order valence-electron chi connectivity index (χ2n) is 7.14. The molecule has 0 spiro atoms. The van der Waals surface area contributed by atoms with Crippen molar-refractivity contribution in [3.8, 4) is 22.8 Å². The van der Waals surface area contributed by atoms with E-state index in [1.807, 2.05) is 30.3 Å². The van der Waals surface area contributed by atoms with E-state index >= 15 is 0 Å². The Balaban J connectivity index is 1.48. The number of rotatable bonds is 8. The Bertz CT molecular complexity index is 1360. The number of hydrogen-bond acceptors (Lipinski definition) is 8. The summed E-state index contributed by atoms with van der Waals surface area (Å²) in [6.07, 6.45) is 0. The van der Waals surface area contributed by atoms with Crippen molar-refractivity contribution in [3.63, 3.8) is 0 Å². The first kappa shape index (κ1) is 23.1. The molecule has 0 aliphatic heterocycles. The molecule has 10 nitrogen and oxygen atoms in total. The van der Waals surface area contributed by atoms with Crippen LogP contribution in [0.1, 0.15) is 6.92 Å². The number of thioether (sulfide) groups is 1. The molecule has 174 valence electrons. The number of carbonyl (C=O) groups excluding carboxylic acids is 2. The number of carbonyl (C=O) groups is 2. The van der Waals surface area contributed by atoms with Gasteiger partial charge >= 0.3 is 0 Å². The smallest absolute Gasteiger partial charge is 0.234 e. The van der Waals surface area contributed by atoms with Gasteiger partial charge in [-0.05, 0) is 48.5 Å². The first-order valence-corrected chi connectivity index (χ1v) is 11.2. The molecule has 34 heavy (non-hydrogen) atoms. The molecule has 2 heterocycles. The second-order valence-corrected chi connectivity index (χ2v) is 8.08. The van der Waals surface area contributed by atoms with Crippen molar-refractivity contribution in [3.05, 3.63) is 54.6 Å². The summed E-state index contributed by atoms with van der Waals surface area (Å²) in [6, 6.07) is 16.1. The molecule has 2 amide bonds. The van der Waals surface area contributed by atoms with Gasteiger partial charge in [-0.1, -0.05) is 17.8 Å². The van der Waals surface area contributed by atoms with E-state index in [2.05, 4.69) is 25.9 Å². The van der Waals surface area contributed by atoms with Crippen molar-refractivity contribution in [1.82, 2.24) is 19.8 Å². The van der Waals surface area contributed by atoms with Crippen LogP contribution in [0.5, 0.6) is 11.5 Å². The van der Waals surface area contributed by atoms with Gasteiger partial charge in [0.05, 0.1) is 25.7 Å². The largest absolute Gasteiger partial charge is 0.493 e. The second kappa shape index (κ2) is 10.2. The summed E-state index contributed by atoms with van der Waals surface area (Å²) >= 11 is 1.22. The van der Waals surface area contributed by atoms with Gasteiger partial charge in [-0.3, -0.25) is 9.59 Å². The van der Waals surface area contributed by atoms with Crippen molar-refractivity contribution in [1.29, 1.82) is 0 Å². The number of hydrogen-bond donors (Lipinski definition) is 2. The van der Waals surface area contributed by atoms with Gasteiger partial charge in [0.25, 0.3) is 0 Å². The predicted molar refractivity (Wildman–Crippen MR) is 129 cm³/mol. The highest BCUT2D eigenvalue weighted by Gasteiger charge is 2.13. The SMILES string of the molecule is COc1ccc(-c2ccc3nnc(SCC(=O)Nc4cccc(NC(C)=O)c4)n3n2)cc1OC. The molecule has 0 saturated heterocycles. The van der Waals surface area contributed by atoms with Crippen LogP contribution in [0.25, 0.3) is 16.9 Å². The molecule has 0 saturated carbocycles. The molecule has 2 N–H and O–H groups in total. The zero-order valence-electron chi connectivity index (χ0n) is 18.7. The van der Waals surface area contributed by atoms with Crippen LogP contribution in [0.4, 0.5) is 11.4 Å². The first-order chi connectivity index (χ1) is 16.5. The highest BCUT2D eigenvalue weighted by atomic mass is 32.2. The maximum absolute atomic E-state index is 12.5. The summed E-state index contributed by atoms with van der Waals surface area (Å²) in [6.45, 7) is 1.43. The minimum absolute atomic E-state index is 0.105. The number of benzene rings is 2. The average Bonchev–Trinajstić information content (AvgIpc) is 3.24. The number of nitrogens with one attached hydrogen (secondary N) is 2. The van der Waals surface area contributed by atoms with E-state index < -0.39 is 0 Å². The number of fused-ring (bicyclic) bond motifs is 1. The van der Waals surface area contributed by atoms with E-state index in [-0.39, 0.29) is 17.6 Å². The van der Waals surface area contributed by atoms with Gasteiger partial charge in [0.1, 0.15) is 0 Å². The third kappa shape index (κ3) is 5.26. The van der Waals surface area contributed by atoms with E-state index in [0.29, 0.717) is 39.4 Å². The van der Waals surface area contributed by atoms with Gasteiger partial charge in [-0.25, -0.2) is 0 Å². The highest BCUT2D eigenvalue weighted by molar-refractivity contribution is 7.99. The lowest BCUT2D eigenvalue weighted by molar-refractivity contribution is -0.114. The fourth-order valence-electron chi connectivity index (χ4n) is 3.21. The Kier molecular flexibility index (Phi) is 6.93. The van der Waals surface area contributed by atoms with Crippen LogP contribution >= 0.6 is 11.8 Å². The van der Waals surface area contributed by atoms with Gasteiger partial charge in [0.2, 0.25) is 17.0 Å². The van der Waals surface area contributed by atoms with E-state index in [4.69, 9.17) is 9.47 Å². The normalized spacial score (nSPS) is 10.7. The Morgan fingerprint density at radius 2 is 1.71 bits per heavy atom. The summed E-state index contributed by atoms with van der Waals surface area (Å²) in [5, 5.41) is 18.9. The monoisotopic (exact) mass is 478 g/mol. The fraction of sp³-hybridized carbons (Fsp3) is 0.174. The van der Waals surface area contributed by atoms with E-state index in [1.165, 1.54) is 18.7 Å². The minimum atomic E-state index is -0.224. The van der Waals surface area contributed by atoms with Gasteiger partial charge in [0, 0.05) is 23.9 Å². The third-order valence-electron chi connectivity index (χ3n) is 4.71. The van der Waals surface area contributed by atoms with Crippen LogP contribution in [0, 0.1) is 0 Å². The topological polar surface area (TPSA) is 120 Å². The molecule has 2 aromatic heterocycles. The Hall–Kier alpha value is -4.12. The molecule has 2 aromatic carbocycles. The zero-order chi connectivity index (χ0) is 24.1.